The maximum absolute atomic E-state index is 5.49. The van der Waals surface area contributed by atoms with Gasteiger partial charge in [-0.15, -0.1) is 0 Å². The average Bonchev–Trinajstić information content (AvgIpc) is 3.40. The Morgan fingerprint density at radius 3 is 2.62 bits per heavy atom. The van der Waals surface area contributed by atoms with E-state index in [0.29, 0.717) is 0 Å². The molecule has 2 saturated heterocycles. The van der Waals surface area contributed by atoms with Crippen LogP contribution < -0.4 is 4.90 Å². The van der Waals surface area contributed by atoms with Gasteiger partial charge in [0, 0.05) is 55.9 Å². The van der Waals surface area contributed by atoms with Gasteiger partial charge in [0.25, 0.3) is 0 Å². The fourth-order valence-corrected chi connectivity index (χ4v) is 4.41. The molecule has 0 unspecified atom stereocenters. The monoisotopic (exact) mass is 392 g/mol. The summed E-state index contributed by atoms with van der Waals surface area (Å²) < 4.78 is 7.63. The van der Waals surface area contributed by atoms with Gasteiger partial charge in [0.15, 0.2) is 11.5 Å². The molecule has 3 aromatic heterocycles. The number of aryl methyl sites for hydroxylation is 1. The number of hydrogen-bond acceptors (Lipinski definition) is 6. The van der Waals surface area contributed by atoms with Gasteiger partial charge in [-0.2, -0.15) is 0 Å². The van der Waals surface area contributed by atoms with Crippen molar-refractivity contribution in [2.75, 3.05) is 50.8 Å². The Kier molecular flexibility index (Phi) is 5.16. The molecule has 5 rings (SSSR count). The predicted octanol–water partition coefficient (Wildman–Crippen LogP) is 2.57. The molecular weight excluding hydrogens is 364 g/mol. The van der Waals surface area contributed by atoms with Gasteiger partial charge in [-0.3, -0.25) is 9.38 Å². The smallest absolute Gasteiger partial charge is 0.181 e. The van der Waals surface area contributed by atoms with Crippen molar-refractivity contribution >= 4 is 11.5 Å². The molecule has 29 heavy (non-hydrogen) atoms. The normalized spacial score (nSPS) is 18.0. The molecule has 0 N–H and O–H groups in total. The van der Waals surface area contributed by atoms with Gasteiger partial charge in [0.1, 0.15) is 0 Å². The molecule has 5 heterocycles. The Morgan fingerprint density at radius 1 is 1.03 bits per heavy atom. The minimum absolute atomic E-state index is 0.734. The van der Waals surface area contributed by atoms with Crippen LogP contribution in [0.3, 0.4) is 0 Å². The molecule has 2 aliphatic rings. The molecule has 2 aliphatic heterocycles. The molecule has 0 atom stereocenters. The van der Waals surface area contributed by atoms with Crippen molar-refractivity contribution in [1.29, 1.82) is 0 Å². The third-order valence-corrected chi connectivity index (χ3v) is 5.99. The van der Waals surface area contributed by atoms with Crippen molar-refractivity contribution < 1.29 is 4.74 Å². The summed E-state index contributed by atoms with van der Waals surface area (Å²) in [7, 11) is 0. The zero-order valence-corrected chi connectivity index (χ0v) is 17.0. The average molecular weight is 393 g/mol. The van der Waals surface area contributed by atoms with Crippen LogP contribution in [0.1, 0.15) is 24.2 Å². The predicted molar refractivity (Wildman–Crippen MR) is 113 cm³/mol. The first-order chi connectivity index (χ1) is 14.3. The third kappa shape index (κ3) is 3.72. The lowest BCUT2D eigenvalue weighted by atomic mass is 10.1. The number of anilines is 1. The molecule has 0 radical (unpaired) electrons. The molecule has 7 heteroatoms. The molecule has 3 aromatic rings. The van der Waals surface area contributed by atoms with Crippen molar-refractivity contribution in [3.05, 3.63) is 42.1 Å². The SMILES string of the molecule is Cc1nc2c(N3CCOCC3)nccn2c1-c1ccc(CCN2CCCC2)nc1. The van der Waals surface area contributed by atoms with Crippen LogP contribution in [0.25, 0.3) is 16.9 Å². The van der Waals surface area contributed by atoms with E-state index in [1.165, 1.54) is 25.9 Å². The minimum atomic E-state index is 0.734. The fraction of sp³-hybridized carbons (Fsp3) is 0.500. The van der Waals surface area contributed by atoms with Gasteiger partial charge < -0.3 is 14.5 Å². The zero-order chi connectivity index (χ0) is 19.6. The summed E-state index contributed by atoms with van der Waals surface area (Å²) in [6.07, 6.45) is 9.53. The number of hydrogen-bond donors (Lipinski definition) is 0. The Labute approximate surface area is 171 Å². The van der Waals surface area contributed by atoms with Gasteiger partial charge in [-0.25, -0.2) is 9.97 Å². The highest BCUT2D eigenvalue weighted by atomic mass is 16.5. The highest BCUT2D eigenvalue weighted by Crippen LogP contribution is 2.28. The highest BCUT2D eigenvalue weighted by Gasteiger charge is 2.20. The van der Waals surface area contributed by atoms with Crippen LogP contribution in [0.2, 0.25) is 0 Å². The third-order valence-electron chi connectivity index (χ3n) is 5.99. The second-order valence-corrected chi connectivity index (χ2v) is 7.93. The summed E-state index contributed by atoms with van der Waals surface area (Å²) in [5.41, 5.74) is 5.25. The second kappa shape index (κ2) is 8.08. The van der Waals surface area contributed by atoms with Crippen molar-refractivity contribution in [3.63, 3.8) is 0 Å². The summed E-state index contributed by atoms with van der Waals surface area (Å²) in [6, 6.07) is 4.34. The van der Waals surface area contributed by atoms with E-state index in [9.17, 15) is 0 Å². The van der Waals surface area contributed by atoms with E-state index in [4.69, 9.17) is 14.7 Å². The van der Waals surface area contributed by atoms with Gasteiger partial charge in [-0.1, -0.05) is 0 Å². The van der Waals surface area contributed by atoms with E-state index in [2.05, 4.69) is 38.2 Å². The van der Waals surface area contributed by atoms with Crippen molar-refractivity contribution in [1.82, 2.24) is 24.3 Å². The number of aromatic nitrogens is 4. The van der Waals surface area contributed by atoms with E-state index in [1.807, 2.05) is 18.6 Å². The molecule has 0 saturated carbocycles. The second-order valence-electron chi connectivity index (χ2n) is 7.93. The summed E-state index contributed by atoms with van der Waals surface area (Å²) >= 11 is 0. The lowest BCUT2D eigenvalue weighted by molar-refractivity contribution is 0.122. The number of nitrogens with zero attached hydrogens (tertiary/aromatic N) is 6. The summed E-state index contributed by atoms with van der Waals surface area (Å²) in [4.78, 5) is 19.0. The Balaban J connectivity index is 1.41. The van der Waals surface area contributed by atoms with Crippen LogP contribution in [-0.4, -0.2) is 70.2 Å². The van der Waals surface area contributed by atoms with E-state index in [-0.39, 0.29) is 0 Å². The van der Waals surface area contributed by atoms with E-state index in [0.717, 1.165) is 73.4 Å². The van der Waals surface area contributed by atoms with Crippen molar-refractivity contribution in [2.45, 2.75) is 26.2 Å². The summed E-state index contributed by atoms with van der Waals surface area (Å²) in [6.45, 7) is 8.80. The van der Waals surface area contributed by atoms with Crippen LogP contribution in [0, 0.1) is 6.92 Å². The molecule has 7 nitrogen and oxygen atoms in total. The summed E-state index contributed by atoms with van der Waals surface area (Å²) in [5.74, 6) is 0.931. The van der Waals surface area contributed by atoms with Gasteiger partial charge in [-0.05, 0) is 45.0 Å². The summed E-state index contributed by atoms with van der Waals surface area (Å²) in [5, 5.41) is 0. The number of ether oxygens (including phenoxy) is 1. The number of morpholine rings is 1. The Bertz CT molecular complexity index is 971. The quantitative estimate of drug-likeness (QED) is 0.665. The maximum atomic E-state index is 5.49. The first-order valence-corrected chi connectivity index (χ1v) is 10.6. The zero-order valence-electron chi connectivity index (χ0n) is 17.0. The fourth-order valence-electron chi connectivity index (χ4n) is 4.41. The van der Waals surface area contributed by atoms with Crippen molar-refractivity contribution in [3.8, 4) is 11.3 Å². The van der Waals surface area contributed by atoms with E-state index < -0.39 is 0 Å². The Hall–Kier alpha value is -2.51. The highest BCUT2D eigenvalue weighted by molar-refractivity contribution is 5.73. The lowest BCUT2D eigenvalue weighted by Crippen LogP contribution is -2.37. The van der Waals surface area contributed by atoms with Crippen LogP contribution in [0.4, 0.5) is 5.82 Å². The first-order valence-electron chi connectivity index (χ1n) is 10.6. The van der Waals surface area contributed by atoms with Crippen LogP contribution in [0.15, 0.2) is 30.7 Å². The molecule has 0 amide bonds. The molecule has 0 bridgehead atoms. The lowest BCUT2D eigenvalue weighted by Gasteiger charge is -2.27. The molecule has 0 aliphatic carbocycles. The number of likely N-dealkylation sites (tertiary alicyclic amines) is 1. The maximum Gasteiger partial charge on any atom is 0.181 e. The van der Waals surface area contributed by atoms with E-state index in [1.54, 1.807) is 0 Å². The molecule has 0 spiro atoms. The number of rotatable bonds is 5. The van der Waals surface area contributed by atoms with Gasteiger partial charge in [0.05, 0.1) is 24.6 Å². The van der Waals surface area contributed by atoms with Gasteiger partial charge >= 0.3 is 0 Å². The topological polar surface area (TPSA) is 58.8 Å². The standard InChI is InChI=1S/C22H28N6O/c1-17-20(18-4-5-19(24-16-18)6-10-26-8-2-3-9-26)28-11-7-23-21(22(28)25-17)27-12-14-29-15-13-27/h4-5,7,11,16H,2-3,6,8-10,12-15H2,1H3. The van der Waals surface area contributed by atoms with Gasteiger partial charge in [0.2, 0.25) is 0 Å². The Morgan fingerprint density at radius 2 is 1.86 bits per heavy atom. The molecule has 152 valence electrons. The molecule has 0 aromatic carbocycles. The van der Waals surface area contributed by atoms with Crippen LogP contribution in [-0.2, 0) is 11.2 Å². The number of pyridine rings is 1. The number of imidazole rings is 1. The largest absolute Gasteiger partial charge is 0.378 e. The molecule has 2 fully saturated rings. The molecular formula is C22H28N6O. The first kappa shape index (κ1) is 18.5. The van der Waals surface area contributed by atoms with Crippen LogP contribution >= 0.6 is 0 Å². The van der Waals surface area contributed by atoms with E-state index >= 15 is 0 Å². The minimum Gasteiger partial charge on any atom is -0.378 e. The van der Waals surface area contributed by atoms with Crippen molar-refractivity contribution in [2.24, 2.45) is 0 Å². The van der Waals surface area contributed by atoms with Crippen LogP contribution in [0.5, 0.6) is 0 Å². The number of fused-ring (bicyclic) bond motifs is 1.